The number of hydrogen-bond acceptors (Lipinski definition) is 3. The van der Waals surface area contributed by atoms with Gasteiger partial charge in [0.05, 0.1) is 6.10 Å². The van der Waals surface area contributed by atoms with Crippen LogP contribution in [0.5, 0.6) is 0 Å². The van der Waals surface area contributed by atoms with Crippen molar-refractivity contribution in [2.45, 2.75) is 17.4 Å². The van der Waals surface area contributed by atoms with Gasteiger partial charge in [-0.05, 0) is 46.3 Å². The van der Waals surface area contributed by atoms with E-state index in [0.29, 0.717) is 12.2 Å². The molecule has 5 heteroatoms. The molecule has 100 valence electrons. The minimum Gasteiger partial charge on any atom is -0.392 e. The molecule has 0 aliphatic heterocycles. The van der Waals surface area contributed by atoms with Crippen LogP contribution in [0.4, 0.5) is 4.39 Å². The van der Waals surface area contributed by atoms with Crippen molar-refractivity contribution in [3.05, 3.63) is 58.6 Å². The SMILES string of the molecule is OC(CSc1cccc(F)c1)Cc1ccc(Br)cn1. The summed E-state index contributed by atoms with van der Waals surface area (Å²) < 4.78 is 13.9. The first kappa shape index (κ1) is 14.5. The number of aliphatic hydroxyl groups excluding tert-OH is 1. The number of rotatable bonds is 5. The molecule has 2 aromatic rings. The highest BCUT2D eigenvalue weighted by Gasteiger charge is 2.08. The molecule has 1 unspecified atom stereocenters. The van der Waals surface area contributed by atoms with Crippen molar-refractivity contribution in [3.8, 4) is 0 Å². The molecule has 0 radical (unpaired) electrons. The van der Waals surface area contributed by atoms with Crippen molar-refractivity contribution in [2.75, 3.05) is 5.75 Å². The number of aliphatic hydroxyl groups is 1. The fourth-order valence-corrected chi connectivity index (χ4v) is 2.68. The van der Waals surface area contributed by atoms with Gasteiger partial charge in [0, 0.05) is 33.4 Å². The second kappa shape index (κ2) is 7.03. The third kappa shape index (κ3) is 4.93. The number of hydrogen-bond donors (Lipinski definition) is 1. The minimum absolute atomic E-state index is 0.255. The van der Waals surface area contributed by atoms with Gasteiger partial charge >= 0.3 is 0 Å². The van der Waals surface area contributed by atoms with Crippen molar-refractivity contribution in [3.63, 3.8) is 0 Å². The van der Waals surface area contributed by atoms with Crippen molar-refractivity contribution in [2.24, 2.45) is 0 Å². The van der Waals surface area contributed by atoms with Gasteiger partial charge in [0.25, 0.3) is 0 Å². The largest absolute Gasteiger partial charge is 0.392 e. The predicted molar refractivity (Wildman–Crippen MR) is 78.8 cm³/mol. The zero-order valence-corrected chi connectivity index (χ0v) is 12.5. The molecular weight excluding hydrogens is 329 g/mol. The first-order valence-corrected chi connectivity index (χ1v) is 7.58. The lowest BCUT2D eigenvalue weighted by molar-refractivity contribution is 0.199. The number of pyridine rings is 1. The Balaban J connectivity index is 1.84. The van der Waals surface area contributed by atoms with E-state index >= 15 is 0 Å². The van der Waals surface area contributed by atoms with Crippen molar-refractivity contribution >= 4 is 27.7 Å². The lowest BCUT2D eigenvalue weighted by Gasteiger charge is -2.09. The van der Waals surface area contributed by atoms with E-state index in [1.807, 2.05) is 18.2 Å². The monoisotopic (exact) mass is 341 g/mol. The highest BCUT2D eigenvalue weighted by Crippen LogP contribution is 2.20. The molecule has 1 aromatic heterocycles. The van der Waals surface area contributed by atoms with Crippen molar-refractivity contribution in [1.29, 1.82) is 0 Å². The van der Waals surface area contributed by atoms with Crippen molar-refractivity contribution < 1.29 is 9.50 Å². The van der Waals surface area contributed by atoms with E-state index in [2.05, 4.69) is 20.9 Å². The summed E-state index contributed by atoms with van der Waals surface area (Å²) in [5.41, 5.74) is 0.843. The summed E-state index contributed by atoms with van der Waals surface area (Å²) in [6, 6.07) is 10.1. The molecule has 0 bridgehead atoms. The van der Waals surface area contributed by atoms with Gasteiger partial charge in [0.15, 0.2) is 0 Å². The average molecular weight is 342 g/mol. The minimum atomic E-state index is -0.498. The summed E-state index contributed by atoms with van der Waals surface area (Å²) in [5.74, 6) is 0.260. The van der Waals surface area contributed by atoms with Gasteiger partial charge < -0.3 is 5.11 Å². The van der Waals surface area contributed by atoms with Crippen LogP contribution in [-0.2, 0) is 6.42 Å². The molecule has 1 heterocycles. The molecule has 0 spiro atoms. The van der Waals surface area contributed by atoms with Crippen LogP contribution in [0.3, 0.4) is 0 Å². The molecule has 0 aliphatic rings. The van der Waals surface area contributed by atoms with Gasteiger partial charge in [-0.15, -0.1) is 11.8 Å². The van der Waals surface area contributed by atoms with Crippen LogP contribution in [0.1, 0.15) is 5.69 Å². The Bertz CT molecular complexity index is 535. The summed E-state index contributed by atoms with van der Waals surface area (Å²) in [7, 11) is 0. The second-order valence-electron chi connectivity index (χ2n) is 4.09. The quantitative estimate of drug-likeness (QED) is 0.842. The molecular formula is C14H13BrFNOS. The Kier molecular flexibility index (Phi) is 5.36. The van der Waals surface area contributed by atoms with E-state index in [4.69, 9.17) is 0 Å². The summed E-state index contributed by atoms with van der Waals surface area (Å²) in [5, 5.41) is 9.94. The summed E-state index contributed by atoms with van der Waals surface area (Å²) in [6.45, 7) is 0. The number of thioether (sulfide) groups is 1. The van der Waals surface area contributed by atoms with E-state index in [1.54, 1.807) is 12.3 Å². The van der Waals surface area contributed by atoms with Crippen LogP contribution in [0.2, 0.25) is 0 Å². The first-order valence-electron chi connectivity index (χ1n) is 5.80. The van der Waals surface area contributed by atoms with Gasteiger partial charge in [0.1, 0.15) is 5.82 Å². The molecule has 2 rings (SSSR count). The fraction of sp³-hybridized carbons (Fsp3) is 0.214. The molecule has 0 amide bonds. The van der Waals surface area contributed by atoms with Crippen LogP contribution in [0, 0.1) is 5.82 Å². The maximum absolute atomic E-state index is 13.0. The number of aromatic nitrogens is 1. The standard InChI is InChI=1S/C14H13BrFNOS/c15-10-4-5-12(17-8-10)7-13(18)9-19-14-3-1-2-11(16)6-14/h1-6,8,13,18H,7,9H2. The van der Waals surface area contributed by atoms with Gasteiger partial charge in [-0.25, -0.2) is 4.39 Å². The first-order chi connectivity index (χ1) is 9.13. The van der Waals surface area contributed by atoms with E-state index in [0.717, 1.165) is 15.1 Å². The summed E-state index contributed by atoms with van der Waals surface area (Å²) in [4.78, 5) is 5.03. The molecule has 0 saturated heterocycles. The molecule has 0 aliphatic carbocycles. The van der Waals surface area contributed by atoms with Crippen LogP contribution < -0.4 is 0 Å². The highest BCUT2D eigenvalue weighted by atomic mass is 79.9. The van der Waals surface area contributed by atoms with Gasteiger partial charge in [0.2, 0.25) is 0 Å². The smallest absolute Gasteiger partial charge is 0.124 e. The maximum atomic E-state index is 13.0. The molecule has 19 heavy (non-hydrogen) atoms. The van der Waals surface area contributed by atoms with Crippen LogP contribution in [0.15, 0.2) is 52.0 Å². The molecule has 1 N–H and O–H groups in total. The number of benzene rings is 1. The Morgan fingerprint density at radius 3 is 2.84 bits per heavy atom. The lowest BCUT2D eigenvalue weighted by atomic mass is 10.2. The maximum Gasteiger partial charge on any atom is 0.124 e. The molecule has 0 fully saturated rings. The van der Waals surface area contributed by atoms with E-state index in [-0.39, 0.29) is 5.82 Å². The second-order valence-corrected chi connectivity index (χ2v) is 6.10. The molecule has 2 nitrogen and oxygen atoms in total. The third-order valence-corrected chi connectivity index (χ3v) is 4.08. The van der Waals surface area contributed by atoms with Gasteiger partial charge in [-0.3, -0.25) is 4.98 Å². The Morgan fingerprint density at radius 2 is 2.16 bits per heavy atom. The Labute approximate surface area is 124 Å². The van der Waals surface area contributed by atoms with E-state index in [9.17, 15) is 9.50 Å². The Hall–Kier alpha value is -0.910. The van der Waals surface area contributed by atoms with Crippen LogP contribution in [-0.4, -0.2) is 21.9 Å². The van der Waals surface area contributed by atoms with Gasteiger partial charge in [-0.2, -0.15) is 0 Å². The molecule has 1 aromatic carbocycles. The zero-order valence-electron chi connectivity index (χ0n) is 10.1. The summed E-state index contributed by atoms with van der Waals surface area (Å²) >= 11 is 4.75. The predicted octanol–water partition coefficient (Wildman–Crippen LogP) is 3.68. The number of halogens is 2. The summed E-state index contributed by atoms with van der Waals surface area (Å²) in [6.07, 6.45) is 1.71. The van der Waals surface area contributed by atoms with Crippen LogP contribution >= 0.6 is 27.7 Å². The third-order valence-electron chi connectivity index (χ3n) is 2.47. The van der Waals surface area contributed by atoms with Crippen LogP contribution in [0.25, 0.3) is 0 Å². The normalized spacial score (nSPS) is 12.4. The average Bonchev–Trinajstić information content (AvgIpc) is 2.39. The van der Waals surface area contributed by atoms with E-state index in [1.165, 1.54) is 23.9 Å². The van der Waals surface area contributed by atoms with E-state index < -0.39 is 6.10 Å². The topological polar surface area (TPSA) is 33.1 Å². The number of nitrogens with zero attached hydrogens (tertiary/aromatic N) is 1. The lowest BCUT2D eigenvalue weighted by Crippen LogP contribution is -2.14. The van der Waals surface area contributed by atoms with Gasteiger partial charge in [-0.1, -0.05) is 6.07 Å². The zero-order chi connectivity index (χ0) is 13.7. The Morgan fingerprint density at radius 1 is 1.32 bits per heavy atom. The molecule has 1 atom stereocenters. The molecule has 0 saturated carbocycles. The fourth-order valence-electron chi connectivity index (χ4n) is 1.58. The van der Waals surface area contributed by atoms with Crippen molar-refractivity contribution in [1.82, 2.24) is 4.98 Å². The highest BCUT2D eigenvalue weighted by molar-refractivity contribution is 9.10.